The molecular formula is C17H17FN2O3. The van der Waals surface area contributed by atoms with E-state index in [9.17, 15) is 14.0 Å². The van der Waals surface area contributed by atoms with Crippen molar-refractivity contribution in [1.82, 2.24) is 9.88 Å². The maximum atomic E-state index is 13.3. The average Bonchev–Trinajstić information content (AvgIpc) is 2.53. The Balaban J connectivity index is 1.85. The van der Waals surface area contributed by atoms with E-state index in [1.165, 1.54) is 12.1 Å². The van der Waals surface area contributed by atoms with Crippen LogP contribution in [0, 0.1) is 18.7 Å². The number of carboxylic acids is 1. The fraction of sp³-hybridized carbons (Fsp3) is 0.353. The first-order valence-electron chi connectivity index (χ1n) is 7.54. The number of aryl methyl sites for hydroxylation is 1. The summed E-state index contributed by atoms with van der Waals surface area (Å²) in [6.07, 6.45) is 0.929. The van der Waals surface area contributed by atoms with Gasteiger partial charge in [-0.1, -0.05) is 0 Å². The van der Waals surface area contributed by atoms with Crippen LogP contribution < -0.4 is 0 Å². The van der Waals surface area contributed by atoms with E-state index in [0.717, 1.165) is 0 Å². The first-order valence-corrected chi connectivity index (χ1v) is 7.54. The van der Waals surface area contributed by atoms with Gasteiger partial charge < -0.3 is 10.0 Å². The van der Waals surface area contributed by atoms with Crippen LogP contribution in [0.3, 0.4) is 0 Å². The number of likely N-dealkylation sites (tertiary alicyclic amines) is 1. The summed E-state index contributed by atoms with van der Waals surface area (Å²) in [5.41, 5.74) is 1.55. The van der Waals surface area contributed by atoms with Gasteiger partial charge in [0.2, 0.25) is 0 Å². The SMILES string of the molecule is Cc1nc2cc(F)ccc2cc1C(=O)N1CCC(C(=O)O)CC1. The number of amides is 1. The van der Waals surface area contributed by atoms with Crippen LogP contribution in [0.25, 0.3) is 10.9 Å². The third-order valence-electron chi connectivity index (χ3n) is 4.33. The van der Waals surface area contributed by atoms with Gasteiger partial charge in [0, 0.05) is 24.5 Å². The maximum absolute atomic E-state index is 13.3. The number of fused-ring (bicyclic) bond motifs is 1. The average molecular weight is 316 g/mol. The molecule has 0 spiro atoms. The van der Waals surface area contributed by atoms with Gasteiger partial charge in [0.25, 0.3) is 5.91 Å². The van der Waals surface area contributed by atoms with Crippen molar-refractivity contribution in [2.45, 2.75) is 19.8 Å². The smallest absolute Gasteiger partial charge is 0.306 e. The Morgan fingerprint density at radius 3 is 2.61 bits per heavy atom. The molecule has 1 saturated heterocycles. The van der Waals surface area contributed by atoms with E-state index in [4.69, 9.17) is 5.11 Å². The third kappa shape index (κ3) is 3.02. The second-order valence-electron chi connectivity index (χ2n) is 5.86. The molecule has 1 amide bonds. The number of benzene rings is 1. The van der Waals surface area contributed by atoms with Crippen molar-refractivity contribution in [3.63, 3.8) is 0 Å². The van der Waals surface area contributed by atoms with Crippen LogP contribution in [0.2, 0.25) is 0 Å². The highest BCUT2D eigenvalue weighted by Gasteiger charge is 2.28. The monoisotopic (exact) mass is 316 g/mol. The van der Waals surface area contributed by atoms with Gasteiger partial charge in [0.15, 0.2) is 0 Å². The summed E-state index contributed by atoms with van der Waals surface area (Å²) in [7, 11) is 0. The van der Waals surface area contributed by atoms with Crippen LogP contribution in [0.1, 0.15) is 28.9 Å². The van der Waals surface area contributed by atoms with Crippen LogP contribution in [0.5, 0.6) is 0 Å². The first kappa shape index (κ1) is 15.4. The number of rotatable bonds is 2. The lowest BCUT2D eigenvalue weighted by Gasteiger charge is -2.30. The Kier molecular flexibility index (Phi) is 3.98. The molecule has 1 aliphatic rings. The summed E-state index contributed by atoms with van der Waals surface area (Å²) in [6.45, 7) is 2.58. The highest BCUT2D eigenvalue weighted by Crippen LogP contribution is 2.22. The number of pyridine rings is 1. The van der Waals surface area contributed by atoms with Crippen molar-refractivity contribution >= 4 is 22.8 Å². The summed E-state index contributed by atoms with van der Waals surface area (Å²) in [5, 5.41) is 9.73. The van der Waals surface area contributed by atoms with E-state index in [-0.39, 0.29) is 17.6 Å². The van der Waals surface area contributed by atoms with Gasteiger partial charge in [-0.05, 0) is 38.0 Å². The number of hydrogen-bond donors (Lipinski definition) is 1. The number of halogens is 1. The van der Waals surface area contributed by atoms with E-state index in [2.05, 4.69) is 4.98 Å². The van der Waals surface area contributed by atoms with Crippen molar-refractivity contribution in [2.24, 2.45) is 5.92 Å². The molecule has 2 aromatic rings. The molecule has 1 N–H and O–H groups in total. The number of carboxylic acid groups (broad SMARTS) is 1. The van der Waals surface area contributed by atoms with Crippen molar-refractivity contribution in [1.29, 1.82) is 0 Å². The maximum Gasteiger partial charge on any atom is 0.306 e. The van der Waals surface area contributed by atoms with Crippen LogP contribution >= 0.6 is 0 Å². The molecule has 0 atom stereocenters. The molecule has 0 unspecified atom stereocenters. The number of aromatic nitrogens is 1. The van der Waals surface area contributed by atoms with E-state index in [0.29, 0.717) is 48.1 Å². The Morgan fingerprint density at radius 2 is 1.96 bits per heavy atom. The van der Waals surface area contributed by atoms with E-state index < -0.39 is 5.97 Å². The van der Waals surface area contributed by atoms with E-state index in [1.54, 1.807) is 24.0 Å². The number of aliphatic carboxylic acids is 1. The number of hydrogen-bond acceptors (Lipinski definition) is 3. The highest BCUT2D eigenvalue weighted by atomic mass is 19.1. The minimum Gasteiger partial charge on any atom is -0.481 e. The van der Waals surface area contributed by atoms with Crippen LogP contribution in [-0.2, 0) is 4.79 Å². The van der Waals surface area contributed by atoms with Crippen molar-refractivity contribution in [2.75, 3.05) is 13.1 Å². The van der Waals surface area contributed by atoms with Gasteiger partial charge in [-0.15, -0.1) is 0 Å². The third-order valence-corrected chi connectivity index (χ3v) is 4.33. The van der Waals surface area contributed by atoms with Gasteiger partial charge in [0.1, 0.15) is 5.82 Å². The topological polar surface area (TPSA) is 70.5 Å². The lowest BCUT2D eigenvalue weighted by molar-refractivity contribution is -0.143. The predicted octanol–water partition coefficient (Wildman–Crippen LogP) is 2.62. The molecule has 1 aliphatic heterocycles. The fourth-order valence-electron chi connectivity index (χ4n) is 2.95. The van der Waals surface area contributed by atoms with Crippen LogP contribution in [0.4, 0.5) is 4.39 Å². The normalized spacial score (nSPS) is 15.8. The molecule has 0 aliphatic carbocycles. The molecule has 2 heterocycles. The standard InChI is InChI=1S/C17H17FN2O3/c1-10-14(8-12-2-3-13(18)9-15(12)19-10)16(21)20-6-4-11(5-7-20)17(22)23/h2-3,8-9,11H,4-7H2,1H3,(H,22,23). The lowest BCUT2D eigenvalue weighted by Crippen LogP contribution is -2.40. The van der Waals surface area contributed by atoms with Crippen LogP contribution in [-0.4, -0.2) is 40.0 Å². The Bertz CT molecular complexity index is 783. The van der Waals surface area contributed by atoms with Crippen molar-refractivity contribution < 1.29 is 19.1 Å². The molecule has 23 heavy (non-hydrogen) atoms. The molecule has 3 rings (SSSR count). The van der Waals surface area contributed by atoms with Gasteiger partial charge >= 0.3 is 5.97 Å². The highest BCUT2D eigenvalue weighted by molar-refractivity contribution is 5.98. The van der Waals surface area contributed by atoms with Gasteiger partial charge in [-0.25, -0.2) is 4.39 Å². The molecule has 5 nitrogen and oxygen atoms in total. The summed E-state index contributed by atoms with van der Waals surface area (Å²) in [4.78, 5) is 29.6. The lowest BCUT2D eigenvalue weighted by atomic mass is 9.96. The van der Waals surface area contributed by atoms with Crippen molar-refractivity contribution in [3.8, 4) is 0 Å². The predicted molar refractivity (Wildman–Crippen MR) is 82.7 cm³/mol. The summed E-state index contributed by atoms with van der Waals surface area (Å²) < 4.78 is 13.3. The number of carbonyl (C=O) groups excluding carboxylic acids is 1. The summed E-state index contributed by atoms with van der Waals surface area (Å²) in [6, 6.07) is 6.01. The zero-order chi connectivity index (χ0) is 16.6. The molecule has 0 bridgehead atoms. The Hall–Kier alpha value is -2.50. The second kappa shape index (κ2) is 5.95. The van der Waals surface area contributed by atoms with E-state index >= 15 is 0 Å². The van der Waals surface area contributed by atoms with Gasteiger partial charge in [-0.2, -0.15) is 0 Å². The molecule has 120 valence electrons. The summed E-state index contributed by atoms with van der Waals surface area (Å²) in [5.74, 6) is -1.69. The molecule has 1 aromatic heterocycles. The zero-order valence-electron chi connectivity index (χ0n) is 12.8. The van der Waals surface area contributed by atoms with Crippen LogP contribution in [0.15, 0.2) is 24.3 Å². The largest absolute Gasteiger partial charge is 0.481 e. The molecule has 0 saturated carbocycles. The Morgan fingerprint density at radius 1 is 1.26 bits per heavy atom. The number of nitrogens with zero attached hydrogens (tertiary/aromatic N) is 2. The quantitative estimate of drug-likeness (QED) is 0.924. The Labute approximate surface area is 132 Å². The molecule has 1 aromatic carbocycles. The fourth-order valence-corrected chi connectivity index (χ4v) is 2.95. The van der Waals surface area contributed by atoms with Gasteiger partial charge in [-0.3, -0.25) is 14.6 Å². The minimum absolute atomic E-state index is 0.148. The molecule has 0 radical (unpaired) electrons. The van der Waals surface area contributed by atoms with Crippen molar-refractivity contribution in [3.05, 3.63) is 41.3 Å². The summed E-state index contributed by atoms with van der Waals surface area (Å²) >= 11 is 0. The van der Waals surface area contributed by atoms with E-state index in [1.807, 2.05) is 0 Å². The molecular weight excluding hydrogens is 299 g/mol. The second-order valence-corrected chi connectivity index (χ2v) is 5.86. The minimum atomic E-state index is -0.803. The first-order chi connectivity index (χ1) is 11.0. The zero-order valence-corrected chi connectivity index (χ0v) is 12.8. The number of piperidine rings is 1. The molecule has 6 heteroatoms. The number of carbonyl (C=O) groups is 2. The van der Waals surface area contributed by atoms with Gasteiger partial charge in [0.05, 0.1) is 22.7 Å². The molecule has 1 fully saturated rings.